The Bertz CT molecular complexity index is 208. The van der Waals surface area contributed by atoms with Gasteiger partial charge in [-0.1, -0.05) is 13.3 Å². The Morgan fingerprint density at radius 3 is 2.77 bits per heavy atom. The van der Waals surface area contributed by atoms with Crippen molar-refractivity contribution in [2.24, 2.45) is 11.8 Å². The Morgan fingerprint density at radius 2 is 2.15 bits per heavy atom. The average Bonchev–Trinajstić information content (AvgIpc) is 2.07. The van der Waals surface area contributed by atoms with Crippen molar-refractivity contribution in [1.82, 2.24) is 0 Å². The Hall–Kier alpha value is -0.660. The van der Waals surface area contributed by atoms with Crippen LogP contribution in [0.4, 0.5) is 0 Å². The smallest absolute Gasteiger partial charge is 0.138 e. The molecule has 0 radical (unpaired) electrons. The van der Waals surface area contributed by atoms with Gasteiger partial charge in [-0.25, -0.2) is 0 Å². The van der Waals surface area contributed by atoms with Crippen LogP contribution in [0.3, 0.4) is 0 Å². The monoisotopic (exact) mass is 182 g/mol. The van der Waals surface area contributed by atoms with Crippen molar-refractivity contribution >= 4 is 11.6 Å². The Labute approximate surface area is 79.7 Å². The van der Waals surface area contributed by atoms with Crippen molar-refractivity contribution in [2.45, 2.75) is 46.0 Å². The Balaban J connectivity index is 2.40. The molecule has 1 rings (SSSR count). The number of hydrogen-bond donors (Lipinski definition) is 0. The molecular formula is C11H18O2. The lowest BCUT2D eigenvalue weighted by Gasteiger charge is -2.24. The number of Topliss-reactive ketones (excluding diaryl/α,β-unsaturated/α-hetero) is 2. The summed E-state index contributed by atoms with van der Waals surface area (Å²) < 4.78 is 0. The molecule has 0 aliphatic heterocycles. The molecule has 1 aliphatic rings. The van der Waals surface area contributed by atoms with Gasteiger partial charge in [0.25, 0.3) is 0 Å². The number of hydrogen-bond acceptors (Lipinski definition) is 2. The molecule has 0 aromatic rings. The number of carbonyl (C=O) groups is 2. The van der Waals surface area contributed by atoms with Crippen LogP contribution in [0.25, 0.3) is 0 Å². The first-order valence-electron chi connectivity index (χ1n) is 5.14. The van der Waals surface area contributed by atoms with Crippen LogP contribution in [-0.4, -0.2) is 11.6 Å². The van der Waals surface area contributed by atoms with E-state index in [9.17, 15) is 9.59 Å². The van der Waals surface area contributed by atoms with Crippen molar-refractivity contribution in [3.05, 3.63) is 0 Å². The zero-order chi connectivity index (χ0) is 9.84. The topological polar surface area (TPSA) is 34.1 Å². The maximum atomic E-state index is 11.6. The molecule has 0 aromatic carbocycles. The van der Waals surface area contributed by atoms with Gasteiger partial charge >= 0.3 is 0 Å². The van der Waals surface area contributed by atoms with E-state index in [4.69, 9.17) is 0 Å². The second-order valence-corrected chi connectivity index (χ2v) is 4.17. The summed E-state index contributed by atoms with van der Waals surface area (Å²) in [7, 11) is 0. The van der Waals surface area contributed by atoms with Crippen LogP contribution in [0, 0.1) is 11.8 Å². The largest absolute Gasteiger partial charge is 0.300 e. The highest BCUT2D eigenvalue weighted by molar-refractivity contribution is 5.84. The van der Waals surface area contributed by atoms with E-state index in [-0.39, 0.29) is 17.6 Å². The van der Waals surface area contributed by atoms with Gasteiger partial charge in [0.1, 0.15) is 11.6 Å². The normalized spacial score (nSPS) is 28.9. The summed E-state index contributed by atoms with van der Waals surface area (Å²) in [6, 6.07) is 0. The van der Waals surface area contributed by atoms with Crippen LogP contribution in [0.15, 0.2) is 0 Å². The maximum Gasteiger partial charge on any atom is 0.138 e. The standard InChI is InChI=1S/C11H18O2/c1-8-4-3-5-10(11(8)13)7-6-9(2)12/h8,10H,3-7H2,1-2H3/t8-,10-/m0/s1. The average molecular weight is 182 g/mol. The van der Waals surface area contributed by atoms with Gasteiger partial charge < -0.3 is 4.79 Å². The molecule has 2 nitrogen and oxygen atoms in total. The highest BCUT2D eigenvalue weighted by atomic mass is 16.1. The molecule has 2 heteroatoms. The zero-order valence-corrected chi connectivity index (χ0v) is 8.51. The fraction of sp³-hybridized carbons (Fsp3) is 0.818. The second kappa shape index (κ2) is 4.54. The van der Waals surface area contributed by atoms with Crippen LogP contribution in [0.2, 0.25) is 0 Å². The van der Waals surface area contributed by atoms with E-state index in [0.29, 0.717) is 12.2 Å². The first-order valence-corrected chi connectivity index (χ1v) is 5.14. The number of ketones is 2. The molecule has 1 fully saturated rings. The van der Waals surface area contributed by atoms with Gasteiger partial charge in [-0.15, -0.1) is 0 Å². The maximum absolute atomic E-state index is 11.6. The minimum atomic E-state index is 0.174. The highest BCUT2D eigenvalue weighted by Crippen LogP contribution is 2.28. The van der Waals surface area contributed by atoms with E-state index in [1.54, 1.807) is 6.92 Å². The second-order valence-electron chi connectivity index (χ2n) is 4.17. The van der Waals surface area contributed by atoms with E-state index >= 15 is 0 Å². The number of rotatable bonds is 3. The lowest BCUT2D eigenvalue weighted by atomic mass is 9.79. The van der Waals surface area contributed by atoms with Gasteiger partial charge in [0.2, 0.25) is 0 Å². The van der Waals surface area contributed by atoms with Crippen molar-refractivity contribution < 1.29 is 9.59 Å². The fourth-order valence-electron chi connectivity index (χ4n) is 2.02. The molecule has 0 saturated heterocycles. The van der Waals surface area contributed by atoms with Crippen molar-refractivity contribution in [1.29, 1.82) is 0 Å². The van der Waals surface area contributed by atoms with Crippen molar-refractivity contribution in [3.63, 3.8) is 0 Å². The van der Waals surface area contributed by atoms with Crippen molar-refractivity contribution in [2.75, 3.05) is 0 Å². The molecule has 74 valence electrons. The van der Waals surface area contributed by atoms with Crippen LogP contribution in [-0.2, 0) is 9.59 Å². The van der Waals surface area contributed by atoms with E-state index in [0.717, 1.165) is 25.7 Å². The zero-order valence-electron chi connectivity index (χ0n) is 8.51. The molecule has 1 aliphatic carbocycles. The van der Waals surface area contributed by atoms with Gasteiger partial charge in [0.15, 0.2) is 0 Å². The molecule has 0 N–H and O–H groups in total. The number of carbonyl (C=O) groups excluding carboxylic acids is 2. The lowest BCUT2D eigenvalue weighted by Crippen LogP contribution is -2.26. The molecule has 2 atom stereocenters. The SMILES string of the molecule is CC(=O)CC[C@@H]1CCC[C@H](C)C1=O. The Kier molecular flexibility index (Phi) is 3.64. The summed E-state index contributed by atoms with van der Waals surface area (Å²) in [6.45, 7) is 3.60. The van der Waals surface area contributed by atoms with E-state index in [2.05, 4.69) is 0 Å². The van der Waals surface area contributed by atoms with Crippen LogP contribution < -0.4 is 0 Å². The molecule has 1 saturated carbocycles. The molecule has 0 bridgehead atoms. The van der Waals surface area contributed by atoms with Crippen molar-refractivity contribution in [3.8, 4) is 0 Å². The van der Waals surface area contributed by atoms with Gasteiger partial charge in [-0.05, 0) is 26.2 Å². The molecular weight excluding hydrogens is 164 g/mol. The van der Waals surface area contributed by atoms with Gasteiger partial charge in [0.05, 0.1) is 0 Å². The third-order valence-corrected chi connectivity index (χ3v) is 2.92. The minimum absolute atomic E-state index is 0.174. The first kappa shape index (κ1) is 10.4. The summed E-state index contributed by atoms with van der Waals surface area (Å²) in [5.74, 6) is 0.983. The third kappa shape index (κ3) is 2.94. The quantitative estimate of drug-likeness (QED) is 0.671. The summed E-state index contributed by atoms with van der Waals surface area (Å²) >= 11 is 0. The molecule has 0 unspecified atom stereocenters. The molecule has 0 heterocycles. The highest BCUT2D eigenvalue weighted by Gasteiger charge is 2.27. The van der Waals surface area contributed by atoms with E-state index in [1.807, 2.05) is 6.92 Å². The van der Waals surface area contributed by atoms with Crippen LogP contribution in [0.5, 0.6) is 0 Å². The van der Waals surface area contributed by atoms with E-state index < -0.39 is 0 Å². The van der Waals surface area contributed by atoms with Gasteiger partial charge in [-0.2, -0.15) is 0 Å². The first-order chi connectivity index (χ1) is 6.11. The van der Waals surface area contributed by atoms with E-state index in [1.165, 1.54) is 0 Å². The molecule has 0 spiro atoms. The summed E-state index contributed by atoms with van der Waals surface area (Å²) in [5.41, 5.74) is 0. The summed E-state index contributed by atoms with van der Waals surface area (Å²) in [4.78, 5) is 22.4. The third-order valence-electron chi connectivity index (χ3n) is 2.92. The predicted octanol–water partition coefficient (Wildman–Crippen LogP) is 2.36. The predicted molar refractivity (Wildman–Crippen MR) is 51.4 cm³/mol. The molecule has 13 heavy (non-hydrogen) atoms. The summed E-state index contributed by atoms with van der Waals surface area (Å²) in [5, 5.41) is 0. The van der Waals surface area contributed by atoms with Gasteiger partial charge in [-0.3, -0.25) is 4.79 Å². The molecule has 0 amide bonds. The molecule has 0 aromatic heterocycles. The Morgan fingerprint density at radius 1 is 1.46 bits per heavy atom. The lowest BCUT2D eigenvalue weighted by molar-refractivity contribution is -0.129. The van der Waals surface area contributed by atoms with Crippen LogP contribution >= 0.6 is 0 Å². The van der Waals surface area contributed by atoms with Crippen LogP contribution in [0.1, 0.15) is 46.0 Å². The summed E-state index contributed by atoms with van der Waals surface area (Å²) in [6.07, 6.45) is 4.53. The fourth-order valence-corrected chi connectivity index (χ4v) is 2.02. The van der Waals surface area contributed by atoms with Gasteiger partial charge in [0, 0.05) is 18.3 Å². The minimum Gasteiger partial charge on any atom is -0.300 e.